The molecule has 0 spiro atoms. The second-order valence-corrected chi connectivity index (χ2v) is 4.87. The van der Waals surface area contributed by atoms with Gasteiger partial charge in [-0.25, -0.2) is 4.39 Å². The van der Waals surface area contributed by atoms with Gasteiger partial charge in [-0.1, -0.05) is 5.16 Å². The molecule has 0 aliphatic rings. The maximum atomic E-state index is 12.8. The van der Waals surface area contributed by atoms with E-state index in [1.165, 1.54) is 23.9 Å². The molecule has 3 N–H and O–H groups in total. The molecule has 1 heterocycles. The Balaban J connectivity index is 1.89. The van der Waals surface area contributed by atoms with Gasteiger partial charge in [-0.05, 0) is 25.1 Å². The van der Waals surface area contributed by atoms with Crippen LogP contribution < -0.4 is 11.1 Å². The summed E-state index contributed by atoms with van der Waals surface area (Å²) in [5.74, 6) is -0.196. The summed E-state index contributed by atoms with van der Waals surface area (Å²) in [5.41, 5.74) is 6.64. The smallest absolute Gasteiger partial charge is 0.237 e. The predicted molar refractivity (Wildman–Crippen MR) is 71.4 cm³/mol. The molecule has 1 amide bonds. The highest BCUT2D eigenvalue weighted by atomic mass is 32.2. The molecular formula is C12H12FN3O2S. The number of rotatable bonds is 4. The van der Waals surface area contributed by atoms with Gasteiger partial charge in [0.25, 0.3) is 0 Å². The van der Waals surface area contributed by atoms with Crippen molar-refractivity contribution >= 4 is 29.2 Å². The number of nitrogens with two attached hydrogens (primary N) is 1. The minimum absolute atomic E-state index is 0.148. The first-order chi connectivity index (χ1) is 9.04. The molecule has 0 aliphatic heterocycles. The quantitative estimate of drug-likeness (QED) is 0.664. The molecule has 2 aromatic rings. The fourth-order valence-electron chi connectivity index (χ4n) is 1.39. The Bertz CT molecular complexity index is 600. The Labute approximate surface area is 113 Å². The first-order valence-corrected chi connectivity index (χ1v) is 6.44. The largest absolute Gasteiger partial charge is 0.398 e. The lowest BCUT2D eigenvalue weighted by Crippen LogP contribution is -2.13. The highest BCUT2D eigenvalue weighted by molar-refractivity contribution is 8.00. The number of halogens is 1. The van der Waals surface area contributed by atoms with E-state index in [9.17, 15) is 9.18 Å². The molecule has 1 aromatic carbocycles. The highest BCUT2D eigenvalue weighted by Crippen LogP contribution is 2.25. The van der Waals surface area contributed by atoms with Gasteiger partial charge in [0.1, 0.15) is 5.82 Å². The van der Waals surface area contributed by atoms with Crippen molar-refractivity contribution in [2.45, 2.75) is 11.8 Å². The van der Waals surface area contributed by atoms with Crippen LogP contribution in [0.2, 0.25) is 0 Å². The zero-order valence-electron chi connectivity index (χ0n) is 10.1. The van der Waals surface area contributed by atoms with Crippen molar-refractivity contribution < 1.29 is 13.7 Å². The van der Waals surface area contributed by atoms with E-state index < -0.39 is 5.82 Å². The summed E-state index contributed by atoms with van der Waals surface area (Å²) >= 11 is 1.22. The first-order valence-electron chi connectivity index (χ1n) is 5.45. The lowest BCUT2D eigenvalue weighted by molar-refractivity contribution is -0.113. The number of benzene rings is 1. The van der Waals surface area contributed by atoms with Gasteiger partial charge in [0, 0.05) is 16.6 Å². The van der Waals surface area contributed by atoms with Crippen molar-refractivity contribution in [2.75, 3.05) is 16.8 Å². The van der Waals surface area contributed by atoms with Gasteiger partial charge in [0.15, 0.2) is 0 Å². The Morgan fingerprint density at radius 2 is 2.32 bits per heavy atom. The zero-order valence-corrected chi connectivity index (χ0v) is 11.0. The second-order valence-electron chi connectivity index (χ2n) is 3.85. The Morgan fingerprint density at radius 3 is 2.95 bits per heavy atom. The van der Waals surface area contributed by atoms with Crippen LogP contribution in [0.5, 0.6) is 0 Å². The van der Waals surface area contributed by atoms with Crippen LogP contribution in [0.15, 0.2) is 33.7 Å². The van der Waals surface area contributed by atoms with E-state index in [0.29, 0.717) is 22.2 Å². The number of hydrogen-bond acceptors (Lipinski definition) is 5. The number of amides is 1. The van der Waals surface area contributed by atoms with Crippen LogP contribution in [0, 0.1) is 12.7 Å². The van der Waals surface area contributed by atoms with E-state index in [0.717, 1.165) is 0 Å². The number of aryl methyl sites for hydroxylation is 1. The molecule has 0 saturated carbocycles. The topological polar surface area (TPSA) is 81.2 Å². The van der Waals surface area contributed by atoms with Gasteiger partial charge >= 0.3 is 0 Å². The Kier molecular flexibility index (Phi) is 4.06. The maximum Gasteiger partial charge on any atom is 0.237 e. The van der Waals surface area contributed by atoms with Gasteiger partial charge in [-0.3, -0.25) is 10.1 Å². The molecule has 5 nitrogen and oxygen atoms in total. The van der Waals surface area contributed by atoms with E-state index in [-0.39, 0.29) is 11.7 Å². The summed E-state index contributed by atoms with van der Waals surface area (Å²) in [4.78, 5) is 12.3. The van der Waals surface area contributed by atoms with Crippen LogP contribution in [0.3, 0.4) is 0 Å². The third-order valence-corrected chi connectivity index (χ3v) is 3.31. The Hall–Kier alpha value is -2.02. The van der Waals surface area contributed by atoms with Crippen LogP contribution in [0.4, 0.5) is 16.0 Å². The van der Waals surface area contributed by atoms with Crippen LogP contribution >= 0.6 is 11.8 Å². The van der Waals surface area contributed by atoms with Gasteiger partial charge < -0.3 is 10.3 Å². The van der Waals surface area contributed by atoms with E-state index in [4.69, 9.17) is 10.3 Å². The second kappa shape index (κ2) is 5.75. The van der Waals surface area contributed by atoms with Crippen molar-refractivity contribution in [1.29, 1.82) is 0 Å². The van der Waals surface area contributed by atoms with Crippen molar-refractivity contribution in [1.82, 2.24) is 5.16 Å². The molecule has 0 aliphatic carbocycles. The number of hydrogen-bond donors (Lipinski definition) is 2. The molecule has 1 aromatic heterocycles. The fourth-order valence-corrected chi connectivity index (χ4v) is 2.14. The third kappa shape index (κ3) is 3.72. The first kappa shape index (κ1) is 13.4. The lowest BCUT2D eigenvalue weighted by Gasteiger charge is -2.05. The lowest BCUT2D eigenvalue weighted by atomic mass is 10.3. The van der Waals surface area contributed by atoms with E-state index in [2.05, 4.69) is 10.5 Å². The summed E-state index contributed by atoms with van der Waals surface area (Å²) in [7, 11) is 0. The maximum absolute atomic E-state index is 12.8. The molecule has 19 heavy (non-hydrogen) atoms. The molecular weight excluding hydrogens is 269 g/mol. The summed E-state index contributed by atoms with van der Waals surface area (Å²) in [6, 6.07) is 5.69. The van der Waals surface area contributed by atoms with Crippen LogP contribution in [-0.2, 0) is 4.79 Å². The molecule has 0 fully saturated rings. The molecule has 100 valence electrons. The number of carbonyl (C=O) groups is 1. The number of carbonyl (C=O) groups excluding carboxylic acids is 1. The van der Waals surface area contributed by atoms with E-state index in [1.807, 2.05) is 0 Å². The summed E-state index contributed by atoms with van der Waals surface area (Å²) in [6.07, 6.45) is 0. The van der Waals surface area contributed by atoms with E-state index >= 15 is 0 Å². The third-order valence-electron chi connectivity index (χ3n) is 2.22. The number of nitrogens with zero attached hydrogens (tertiary/aromatic N) is 1. The van der Waals surface area contributed by atoms with Crippen LogP contribution in [0.1, 0.15) is 5.69 Å². The predicted octanol–water partition coefficient (Wildman–Crippen LogP) is 2.44. The van der Waals surface area contributed by atoms with Crippen molar-refractivity contribution in [3.63, 3.8) is 0 Å². The van der Waals surface area contributed by atoms with Crippen LogP contribution in [0.25, 0.3) is 0 Å². The average molecular weight is 281 g/mol. The van der Waals surface area contributed by atoms with Gasteiger partial charge in [-0.15, -0.1) is 11.8 Å². The summed E-state index contributed by atoms with van der Waals surface area (Å²) < 4.78 is 17.7. The van der Waals surface area contributed by atoms with Crippen molar-refractivity contribution in [2.24, 2.45) is 0 Å². The molecule has 0 saturated heterocycles. The molecule has 0 radical (unpaired) electrons. The fraction of sp³-hybridized carbons (Fsp3) is 0.167. The van der Waals surface area contributed by atoms with E-state index in [1.54, 1.807) is 19.1 Å². The van der Waals surface area contributed by atoms with Gasteiger partial charge in [0.05, 0.1) is 11.4 Å². The number of thioether (sulfide) groups is 1. The minimum Gasteiger partial charge on any atom is -0.398 e. The number of anilines is 2. The summed E-state index contributed by atoms with van der Waals surface area (Å²) in [5, 5.41) is 6.21. The molecule has 2 rings (SSSR count). The average Bonchev–Trinajstić information content (AvgIpc) is 2.73. The summed E-state index contributed by atoms with van der Waals surface area (Å²) in [6.45, 7) is 1.76. The molecule has 0 bridgehead atoms. The number of nitrogen functional groups attached to an aromatic ring is 1. The van der Waals surface area contributed by atoms with Crippen molar-refractivity contribution in [3.8, 4) is 0 Å². The zero-order chi connectivity index (χ0) is 13.8. The molecule has 0 atom stereocenters. The standard InChI is InChI=1S/C12H12FN3O2S/c1-7-4-12(18-16-7)15-11(17)6-19-10-3-2-8(13)5-9(10)14/h2-5H,6,14H2,1H3,(H,15,17). The normalized spacial score (nSPS) is 10.4. The van der Waals surface area contributed by atoms with Crippen molar-refractivity contribution in [3.05, 3.63) is 35.8 Å². The minimum atomic E-state index is -0.400. The number of nitrogens with one attached hydrogen (secondary N) is 1. The molecule has 0 unspecified atom stereocenters. The van der Waals surface area contributed by atoms with Gasteiger partial charge in [0.2, 0.25) is 11.8 Å². The highest BCUT2D eigenvalue weighted by Gasteiger charge is 2.09. The number of aromatic nitrogens is 1. The SMILES string of the molecule is Cc1cc(NC(=O)CSc2ccc(F)cc2N)on1. The molecule has 7 heteroatoms. The van der Waals surface area contributed by atoms with Crippen LogP contribution in [-0.4, -0.2) is 16.8 Å². The monoisotopic (exact) mass is 281 g/mol. The van der Waals surface area contributed by atoms with Gasteiger partial charge in [-0.2, -0.15) is 0 Å². The Morgan fingerprint density at radius 1 is 1.53 bits per heavy atom.